The second-order valence-corrected chi connectivity index (χ2v) is 8.01. The highest BCUT2D eigenvalue weighted by atomic mass is 35.5. The number of nitrogens with one attached hydrogen (secondary N) is 1. The number of likely N-dealkylation sites (tertiary alicyclic amines) is 1. The monoisotopic (exact) mass is 448 g/mol. The van der Waals surface area contributed by atoms with E-state index >= 15 is 0 Å². The predicted molar refractivity (Wildman–Crippen MR) is 115 cm³/mol. The lowest BCUT2D eigenvalue weighted by Crippen LogP contribution is -2.41. The number of halogens is 2. The minimum Gasteiger partial charge on any atom is -0.427 e. The van der Waals surface area contributed by atoms with Crippen LogP contribution in [0.25, 0.3) is 0 Å². The summed E-state index contributed by atoms with van der Waals surface area (Å²) < 4.78 is 5.05. The zero-order chi connectivity index (χ0) is 21.7. The van der Waals surface area contributed by atoms with Crippen LogP contribution in [0.1, 0.15) is 40.5 Å². The second kappa shape index (κ2) is 9.96. The Kier molecular flexibility index (Phi) is 7.34. The maximum atomic E-state index is 12.7. The molecule has 2 aromatic carbocycles. The van der Waals surface area contributed by atoms with Gasteiger partial charge in [0.15, 0.2) is 0 Å². The number of esters is 1. The van der Waals surface area contributed by atoms with Crippen LogP contribution < -0.4 is 10.1 Å². The Morgan fingerprint density at radius 1 is 1.03 bits per heavy atom. The molecular formula is C22H22Cl2N2O4. The van der Waals surface area contributed by atoms with Crippen molar-refractivity contribution in [1.82, 2.24) is 10.2 Å². The zero-order valence-electron chi connectivity index (χ0n) is 16.5. The van der Waals surface area contributed by atoms with E-state index < -0.39 is 5.97 Å². The Morgan fingerprint density at radius 2 is 1.77 bits per heavy atom. The average molecular weight is 449 g/mol. The molecule has 2 aromatic rings. The topological polar surface area (TPSA) is 75.7 Å². The van der Waals surface area contributed by atoms with Gasteiger partial charge >= 0.3 is 5.97 Å². The first-order valence-electron chi connectivity index (χ1n) is 9.64. The van der Waals surface area contributed by atoms with Gasteiger partial charge in [-0.3, -0.25) is 14.4 Å². The van der Waals surface area contributed by atoms with Crippen LogP contribution in [0.5, 0.6) is 5.75 Å². The van der Waals surface area contributed by atoms with Crippen LogP contribution in [0.2, 0.25) is 10.0 Å². The summed E-state index contributed by atoms with van der Waals surface area (Å²) in [5, 5.41) is 3.67. The lowest BCUT2D eigenvalue weighted by molar-refractivity contribution is -0.131. The van der Waals surface area contributed by atoms with Gasteiger partial charge in [-0.1, -0.05) is 29.3 Å². The molecule has 0 saturated carbocycles. The number of hydrogen-bond acceptors (Lipinski definition) is 4. The van der Waals surface area contributed by atoms with Crippen molar-refractivity contribution in [3.05, 3.63) is 63.6 Å². The minimum absolute atomic E-state index is 0.0951. The molecular weight excluding hydrogens is 427 g/mol. The number of nitrogens with zero attached hydrogens (tertiary/aromatic N) is 1. The van der Waals surface area contributed by atoms with E-state index in [0.29, 0.717) is 46.6 Å². The van der Waals surface area contributed by atoms with Crippen molar-refractivity contribution >= 4 is 41.0 Å². The van der Waals surface area contributed by atoms with E-state index in [1.807, 2.05) is 0 Å². The largest absolute Gasteiger partial charge is 0.427 e. The molecule has 30 heavy (non-hydrogen) atoms. The van der Waals surface area contributed by atoms with Crippen LogP contribution in [0.15, 0.2) is 42.5 Å². The van der Waals surface area contributed by atoms with E-state index in [0.717, 1.165) is 12.8 Å². The van der Waals surface area contributed by atoms with Gasteiger partial charge in [-0.05, 0) is 55.2 Å². The summed E-state index contributed by atoms with van der Waals surface area (Å²) in [6.45, 7) is 3.05. The molecule has 1 heterocycles. The Hall–Kier alpha value is -2.57. The van der Waals surface area contributed by atoms with E-state index in [9.17, 15) is 14.4 Å². The highest BCUT2D eigenvalue weighted by Crippen LogP contribution is 2.23. The fourth-order valence-corrected chi connectivity index (χ4v) is 3.66. The van der Waals surface area contributed by atoms with Gasteiger partial charge in [0.05, 0.1) is 10.0 Å². The summed E-state index contributed by atoms with van der Waals surface area (Å²) in [6, 6.07) is 11.4. The van der Waals surface area contributed by atoms with Gasteiger partial charge in [0.1, 0.15) is 5.75 Å². The van der Waals surface area contributed by atoms with E-state index in [1.54, 1.807) is 47.4 Å². The van der Waals surface area contributed by atoms with Gasteiger partial charge in [-0.25, -0.2) is 0 Å². The quantitative estimate of drug-likeness (QED) is 0.549. The molecule has 1 aliphatic rings. The van der Waals surface area contributed by atoms with Crippen molar-refractivity contribution < 1.29 is 19.1 Å². The number of benzene rings is 2. The van der Waals surface area contributed by atoms with Gasteiger partial charge in [0, 0.05) is 37.7 Å². The average Bonchev–Trinajstić information content (AvgIpc) is 2.73. The van der Waals surface area contributed by atoms with Crippen LogP contribution in [0.4, 0.5) is 0 Å². The molecule has 2 amide bonds. The number of amides is 2. The van der Waals surface area contributed by atoms with E-state index in [1.165, 1.54) is 6.92 Å². The van der Waals surface area contributed by atoms with Crippen LogP contribution in [0.3, 0.4) is 0 Å². The van der Waals surface area contributed by atoms with Crippen LogP contribution >= 0.6 is 23.2 Å². The maximum absolute atomic E-state index is 12.7. The molecule has 0 spiro atoms. The Labute approximate surface area is 185 Å². The fourth-order valence-electron chi connectivity index (χ4n) is 3.36. The first-order valence-corrected chi connectivity index (χ1v) is 10.4. The molecule has 8 heteroatoms. The van der Waals surface area contributed by atoms with E-state index in [-0.39, 0.29) is 17.7 Å². The van der Waals surface area contributed by atoms with E-state index in [2.05, 4.69) is 5.32 Å². The summed E-state index contributed by atoms with van der Waals surface area (Å²) in [5.74, 6) is -0.0820. The standard InChI is InChI=1S/C22H22Cl2N2O4/c1-14(27)30-18-4-2-3-17(11-18)22(29)26-9-7-15(8-10-26)13-25-21(28)16-5-6-19(23)20(24)12-16/h2-6,11-12,15H,7-10,13H2,1H3,(H,25,28). The number of carbonyl (C=O) groups is 3. The van der Waals surface area contributed by atoms with Crippen molar-refractivity contribution in [3.8, 4) is 5.75 Å². The van der Waals surface area contributed by atoms with Crippen molar-refractivity contribution in [3.63, 3.8) is 0 Å². The van der Waals surface area contributed by atoms with Gasteiger partial charge in [-0.15, -0.1) is 0 Å². The van der Waals surface area contributed by atoms with Crippen molar-refractivity contribution in [2.24, 2.45) is 5.92 Å². The minimum atomic E-state index is -0.427. The van der Waals surface area contributed by atoms with Crippen molar-refractivity contribution in [2.75, 3.05) is 19.6 Å². The molecule has 3 rings (SSSR count). The molecule has 1 saturated heterocycles. The zero-order valence-corrected chi connectivity index (χ0v) is 18.0. The molecule has 0 atom stereocenters. The SMILES string of the molecule is CC(=O)Oc1cccc(C(=O)N2CCC(CNC(=O)c3ccc(Cl)c(Cl)c3)CC2)c1. The summed E-state index contributed by atoms with van der Waals surface area (Å²) in [4.78, 5) is 37.9. The molecule has 6 nitrogen and oxygen atoms in total. The normalized spacial score (nSPS) is 14.3. The highest BCUT2D eigenvalue weighted by Gasteiger charge is 2.24. The van der Waals surface area contributed by atoms with Gasteiger partial charge in [0.25, 0.3) is 11.8 Å². The maximum Gasteiger partial charge on any atom is 0.308 e. The van der Waals surface area contributed by atoms with Crippen molar-refractivity contribution in [1.29, 1.82) is 0 Å². The van der Waals surface area contributed by atoms with Gasteiger partial charge < -0.3 is 15.0 Å². The molecule has 1 N–H and O–H groups in total. The van der Waals surface area contributed by atoms with Gasteiger partial charge in [0.2, 0.25) is 0 Å². The third-order valence-electron chi connectivity index (χ3n) is 4.98. The first kappa shape index (κ1) is 22.1. The Bertz CT molecular complexity index is 956. The Morgan fingerprint density at radius 3 is 2.43 bits per heavy atom. The summed E-state index contributed by atoms with van der Waals surface area (Å²) in [7, 11) is 0. The van der Waals surface area contributed by atoms with Crippen LogP contribution in [-0.4, -0.2) is 42.3 Å². The Balaban J connectivity index is 1.49. The summed E-state index contributed by atoms with van der Waals surface area (Å²) in [5.41, 5.74) is 0.949. The predicted octanol–water partition coefficient (Wildman–Crippen LogP) is 4.20. The third kappa shape index (κ3) is 5.74. The number of hydrogen-bond donors (Lipinski definition) is 1. The number of ether oxygens (including phenoxy) is 1. The van der Waals surface area contributed by atoms with Crippen LogP contribution in [-0.2, 0) is 4.79 Å². The molecule has 0 bridgehead atoms. The van der Waals surface area contributed by atoms with Gasteiger partial charge in [-0.2, -0.15) is 0 Å². The molecule has 1 fully saturated rings. The molecule has 0 aliphatic carbocycles. The summed E-state index contributed by atoms with van der Waals surface area (Å²) >= 11 is 11.8. The smallest absolute Gasteiger partial charge is 0.308 e. The molecule has 1 aliphatic heterocycles. The number of carbonyl (C=O) groups excluding carboxylic acids is 3. The lowest BCUT2D eigenvalue weighted by Gasteiger charge is -2.32. The molecule has 0 radical (unpaired) electrons. The second-order valence-electron chi connectivity index (χ2n) is 7.20. The molecule has 0 unspecified atom stereocenters. The first-order chi connectivity index (χ1) is 14.3. The van der Waals surface area contributed by atoms with Crippen LogP contribution in [0, 0.1) is 5.92 Å². The van der Waals surface area contributed by atoms with Crippen molar-refractivity contribution in [2.45, 2.75) is 19.8 Å². The van der Waals surface area contributed by atoms with E-state index in [4.69, 9.17) is 27.9 Å². The number of piperidine rings is 1. The number of rotatable bonds is 5. The lowest BCUT2D eigenvalue weighted by atomic mass is 9.96. The summed E-state index contributed by atoms with van der Waals surface area (Å²) in [6.07, 6.45) is 1.58. The highest BCUT2D eigenvalue weighted by molar-refractivity contribution is 6.42. The molecule has 158 valence electrons. The third-order valence-corrected chi connectivity index (χ3v) is 5.72. The fraction of sp³-hybridized carbons (Fsp3) is 0.318. The molecule has 0 aromatic heterocycles.